The zero-order chi connectivity index (χ0) is 16.4. The number of benzene rings is 1. The Balaban J connectivity index is 1.46. The van der Waals surface area contributed by atoms with Crippen LogP contribution in [-0.4, -0.2) is 50.8 Å². The molecule has 1 aliphatic heterocycles. The average molecular weight is 324 g/mol. The standard InChI is InChI=1S/C16H16N6O2/c23-16(20-14-6-5-11-3-1-2-4-12(11)19-14)22-7-8-24-13(9-22)15-17-10-18-21-15/h1-6,10,13H,7-9H2,(H,17,18,21)(H,19,20,23). The SMILES string of the molecule is O=C(Nc1ccc2ccccc2n1)N1CCOC(c2ncn[nH]2)C1. The fourth-order valence-corrected chi connectivity index (χ4v) is 2.69. The van der Waals surface area contributed by atoms with Crippen molar-refractivity contribution in [1.29, 1.82) is 0 Å². The molecule has 4 rings (SSSR count). The van der Waals surface area contributed by atoms with Crippen molar-refractivity contribution in [2.24, 2.45) is 0 Å². The normalized spacial score (nSPS) is 17.8. The van der Waals surface area contributed by atoms with Gasteiger partial charge >= 0.3 is 6.03 Å². The first-order chi connectivity index (χ1) is 11.8. The van der Waals surface area contributed by atoms with Crippen molar-refractivity contribution in [3.8, 4) is 0 Å². The van der Waals surface area contributed by atoms with E-state index < -0.39 is 0 Å². The van der Waals surface area contributed by atoms with E-state index >= 15 is 0 Å². The van der Waals surface area contributed by atoms with Gasteiger partial charge in [0, 0.05) is 11.9 Å². The number of rotatable bonds is 2. The van der Waals surface area contributed by atoms with Crippen LogP contribution in [0.1, 0.15) is 11.9 Å². The molecule has 8 heteroatoms. The summed E-state index contributed by atoms with van der Waals surface area (Å²) in [5.74, 6) is 1.15. The number of aromatic amines is 1. The molecule has 3 aromatic rings. The van der Waals surface area contributed by atoms with Gasteiger partial charge in [0.15, 0.2) is 5.82 Å². The van der Waals surface area contributed by atoms with Crippen LogP contribution in [0.15, 0.2) is 42.7 Å². The zero-order valence-corrected chi connectivity index (χ0v) is 12.8. The summed E-state index contributed by atoms with van der Waals surface area (Å²) in [6.07, 6.45) is 1.13. The smallest absolute Gasteiger partial charge is 0.323 e. The quantitative estimate of drug-likeness (QED) is 0.751. The minimum absolute atomic E-state index is 0.203. The van der Waals surface area contributed by atoms with Crippen LogP contribution in [0.2, 0.25) is 0 Å². The van der Waals surface area contributed by atoms with Crippen molar-refractivity contribution in [3.63, 3.8) is 0 Å². The van der Waals surface area contributed by atoms with Crippen LogP contribution < -0.4 is 5.32 Å². The molecule has 0 saturated carbocycles. The van der Waals surface area contributed by atoms with E-state index in [2.05, 4.69) is 25.5 Å². The Labute approximate surface area is 137 Å². The van der Waals surface area contributed by atoms with Gasteiger partial charge in [0.25, 0.3) is 0 Å². The van der Waals surface area contributed by atoms with Gasteiger partial charge in [-0.25, -0.2) is 14.8 Å². The maximum Gasteiger partial charge on any atom is 0.323 e. The van der Waals surface area contributed by atoms with Crippen LogP contribution in [0.4, 0.5) is 10.6 Å². The van der Waals surface area contributed by atoms with Crippen molar-refractivity contribution in [2.45, 2.75) is 6.10 Å². The Hall–Kier alpha value is -3.00. The highest BCUT2D eigenvalue weighted by Crippen LogP contribution is 2.20. The summed E-state index contributed by atoms with van der Waals surface area (Å²) in [5.41, 5.74) is 0.844. The number of hydrogen-bond donors (Lipinski definition) is 2. The highest BCUT2D eigenvalue weighted by molar-refractivity contribution is 5.90. The monoisotopic (exact) mass is 324 g/mol. The number of anilines is 1. The molecule has 122 valence electrons. The van der Waals surface area contributed by atoms with E-state index in [0.29, 0.717) is 31.3 Å². The third-order valence-corrected chi connectivity index (χ3v) is 3.93. The summed E-state index contributed by atoms with van der Waals surface area (Å²) >= 11 is 0. The van der Waals surface area contributed by atoms with Crippen molar-refractivity contribution >= 4 is 22.8 Å². The molecule has 1 saturated heterocycles. The number of fused-ring (bicyclic) bond motifs is 1. The second kappa shape index (κ2) is 6.25. The summed E-state index contributed by atoms with van der Waals surface area (Å²) in [6, 6.07) is 11.3. The molecule has 1 aliphatic rings. The number of morpholine rings is 1. The van der Waals surface area contributed by atoms with Gasteiger partial charge in [-0.15, -0.1) is 0 Å². The van der Waals surface area contributed by atoms with E-state index in [9.17, 15) is 4.79 Å². The number of amides is 2. The van der Waals surface area contributed by atoms with Gasteiger partial charge in [-0.3, -0.25) is 10.4 Å². The zero-order valence-electron chi connectivity index (χ0n) is 12.8. The fourth-order valence-electron chi connectivity index (χ4n) is 2.69. The van der Waals surface area contributed by atoms with Crippen LogP contribution in [-0.2, 0) is 4.74 Å². The largest absolute Gasteiger partial charge is 0.367 e. The fraction of sp³-hybridized carbons (Fsp3) is 0.250. The van der Waals surface area contributed by atoms with E-state index in [-0.39, 0.29) is 12.1 Å². The molecule has 1 aromatic carbocycles. The number of ether oxygens (including phenoxy) is 1. The summed E-state index contributed by atoms with van der Waals surface area (Å²) < 4.78 is 5.64. The molecule has 1 atom stereocenters. The summed E-state index contributed by atoms with van der Waals surface area (Å²) in [4.78, 5) is 22.7. The van der Waals surface area contributed by atoms with Crippen LogP contribution in [0.5, 0.6) is 0 Å². The number of carbonyl (C=O) groups excluding carboxylic acids is 1. The molecule has 2 N–H and O–H groups in total. The molecular weight excluding hydrogens is 308 g/mol. The lowest BCUT2D eigenvalue weighted by atomic mass is 10.2. The summed E-state index contributed by atoms with van der Waals surface area (Å²) in [5, 5.41) is 10.5. The highest BCUT2D eigenvalue weighted by Gasteiger charge is 2.27. The number of carbonyl (C=O) groups is 1. The Morgan fingerprint density at radius 3 is 3.08 bits per heavy atom. The number of nitrogens with zero attached hydrogens (tertiary/aromatic N) is 4. The number of aromatic nitrogens is 4. The van der Waals surface area contributed by atoms with Gasteiger partial charge in [0.1, 0.15) is 18.2 Å². The Kier molecular flexibility index (Phi) is 3.80. The van der Waals surface area contributed by atoms with Gasteiger partial charge in [-0.1, -0.05) is 18.2 Å². The van der Waals surface area contributed by atoms with E-state index in [1.165, 1.54) is 6.33 Å². The number of H-pyrrole nitrogens is 1. The van der Waals surface area contributed by atoms with Crippen molar-refractivity contribution < 1.29 is 9.53 Å². The van der Waals surface area contributed by atoms with E-state index in [4.69, 9.17) is 4.74 Å². The maximum atomic E-state index is 12.5. The summed E-state index contributed by atoms with van der Waals surface area (Å²) in [7, 11) is 0. The molecule has 2 amide bonds. The molecule has 2 aromatic heterocycles. The number of hydrogen-bond acceptors (Lipinski definition) is 5. The number of urea groups is 1. The van der Waals surface area contributed by atoms with Gasteiger partial charge in [0.2, 0.25) is 0 Å². The highest BCUT2D eigenvalue weighted by atomic mass is 16.5. The topological polar surface area (TPSA) is 96.0 Å². The Morgan fingerprint density at radius 2 is 2.21 bits per heavy atom. The lowest BCUT2D eigenvalue weighted by Gasteiger charge is -2.31. The van der Waals surface area contributed by atoms with Crippen molar-refractivity contribution in [1.82, 2.24) is 25.1 Å². The predicted octanol–water partition coefficient (Wildman–Crippen LogP) is 1.96. The van der Waals surface area contributed by atoms with Gasteiger partial charge in [-0.05, 0) is 18.2 Å². The van der Waals surface area contributed by atoms with Gasteiger partial charge < -0.3 is 9.64 Å². The molecule has 1 unspecified atom stereocenters. The maximum absolute atomic E-state index is 12.5. The second-order valence-corrected chi connectivity index (χ2v) is 5.50. The molecule has 24 heavy (non-hydrogen) atoms. The van der Waals surface area contributed by atoms with E-state index in [1.807, 2.05) is 30.3 Å². The van der Waals surface area contributed by atoms with Crippen LogP contribution in [0, 0.1) is 0 Å². The van der Waals surface area contributed by atoms with Crippen LogP contribution in [0.25, 0.3) is 10.9 Å². The minimum Gasteiger partial charge on any atom is -0.367 e. The molecule has 0 radical (unpaired) electrons. The first kappa shape index (κ1) is 14.6. The Morgan fingerprint density at radius 1 is 1.29 bits per heavy atom. The number of nitrogens with one attached hydrogen (secondary N) is 2. The lowest BCUT2D eigenvalue weighted by Crippen LogP contribution is -2.44. The van der Waals surface area contributed by atoms with E-state index in [0.717, 1.165) is 10.9 Å². The van der Waals surface area contributed by atoms with Crippen molar-refractivity contribution in [3.05, 3.63) is 48.5 Å². The first-order valence-electron chi connectivity index (χ1n) is 7.68. The molecule has 0 spiro atoms. The molecule has 0 bridgehead atoms. The predicted molar refractivity (Wildman–Crippen MR) is 87.4 cm³/mol. The third-order valence-electron chi connectivity index (χ3n) is 3.93. The molecule has 3 heterocycles. The second-order valence-electron chi connectivity index (χ2n) is 5.50. The van der Waals surface area contributed by atoms with Crippen LogP contribution >= 0.6 is 0 Å². The first-order valence-corrected chi connectivity index (χ1v) is 7.68. The summed E-state index contributed by atoms with van der Waals surface area (Å²) in [6.45, 7) is 1.38. The molecule has 0 aliphatic carbocycles. The van der Waals surface area contributed by atoms with Crippen molar-refractivity contribution in [2.75, 3.05) is 25.0 Å². The number of pyridine rings is 1. The van der Waals surface area contributed by atoms with Crippen LogP contribution in [0.3, 0.4) is 0 Å². The number of para-hydroxylation sites is 1. The van der Waals surface area contributed by atoms with Gasteiger partial charge in [-0.2, -0.15) is 5.10 Å². The van der Waals surface area contributed by atoms with Gasteiger partial charge in [0.05, 0.1) is 18.7 Å². The molecule has 8 nitrogen and oxygen atoms in total. The Bertz CT molecular complexity index is 851. The molecular formula is C16H16N6O2. The third kappa shape index (κ3) is 2.91. The molecule has 1 fully saturated rings. The average Bonchev–Trinajstić information content (AvgIpc) is 3.16. The minimum atomic E-state index is -0.295. The lowest BCUT2D eigenvalue weighted by molar-refractivity contribution is -0.0179. The van der Waals surface area contributed by atoms with E-state index in [1.54, 1.807) is 11.0 Å².